The number of aromatic nitrogens is 2. The van der Waals surface area contributed by atoms with E-state index in [0.717, 1.165) is 4.47 Å². The lowest BCUT2D eigenvalue weighted by Crippen LogP contribution is -2.02. The van der Waals surface area contributed by atoms with E-state index in [2.05, 4.69) is 26.1 Å². The van der Waals surface area contributed by atoms with Crippen molar-refractivity contribution in [2.75, 3.05) is 12.9 Å². The minimum atomic E-state index is -0.00999. The van der Waals surface area contributed by atoms with E-state index in [1.165, 1.54) is 11.8 Å². The maximum atomic E-state index is 12.0. The molecule has 1 aromatic heterocycles. The Morgan fingerprint density at radius 2 is 2.26 bits per heavy atom. The minimum absolute atomic E-state index is 0.00999. The molecule has 100 valence electrons. The van der Waals surface area contributed by atoms with Crippen molar-refractivity contribution in [2.45, 2.75) is 12.1 Å². The second-order valence-corrected chi connectivity index (χ2v) is 5.43. The first-order valence-electron chi connectivity index (χ1n) is 5.40. The van der Waals surface area contributed by atoms with Crippen LogP contribution in [0.15, 0.2) is 32.3 Å². The van der Waals surface area contributed by atoms with Crippen LogP contribution in [0.3, 0.4) is 0 Å². The van der Waals surface area contributed by atoms with Gasteiger partial charge in [-0.3, -0.25) is 4.79 Å². The molecule has 0 atom stereocenters. The summed E-state index contributed by atoms with van der Waals surface area (Å²) in [4.78, 5) is 12.0. The summed E-state index contributed by atoms with van der Waals surface area (Å²) >= 11 is 4.57. The lowest BCUT2D eigenvalue weighted by Gasteiger charge is -2.05. The van der Waals surface area contributed by atoms with Crippen LogP contribution in [0.25, 0.3) is 0 Å². The zero-order valence-corrected chi connectivity index (χ0v) is 12.7. The molecule has 1 aromatic carbocycles. The standard InChI is InChI=1S/C12H11BrN2O3S/c1-7-14-15-12(18-7)19-6-10(16)8-3-4-11(17-2)9(13)5-8/h3-5H,6H2,1-2H3. The van der Waals surface area contributed by atoms with Gasteiger partial charge in [0.1, 0.15) is 5.75 Å². The molecule has 7 heteroatoms. The second-order valence-electron chi connectivity index (χ2n) is 3.65. The first-order valence-corrected chi connectivity index (χ1v) is 7.17. The monoisotopic (exact) mass is 342 g/mol. The molecule has 0 aliphatic carbocycles. The number of carbonyl (C=O) groups excluding carboxylic acids is 1. The number of benzene rings is 1. The average molecular weight is 343 g/mol. The summed E-state index contributed by atoms with van der Waals surface area (Å²) in [5.74, 6) is 1.42. The van der Waals surface area contributed by atoms with Crippen LogP contribution in [0.5, 0.6) is 5.75 Å². The number of ether oxygens (including phenoxy) is 1. The molecule has 0 aliphatic rings. The molecule has 1 heterocycles. The third-order valence-electron chi connectivity index (χ3n) is 2.31. The van der Waals surface area contributed by atoms with Crippen molar-refractivity contribution in [2.24, 2.45) is 0 Å². The zero-order chi connectivity index (χ0) is 13.8. The van der Waals surface area contributed by atoms with E-state index in [1.807, 2.05) is 0 Å². The van der Waals surface area contributed by atoms with E-state index in [-0.39, 0.29) is 11.5 Å². The van der Waals surface area contributed by atoms with Crippen molar-refractivity contribution in [1.82, 2.24) is 10.2 Å². The summed E-state index contributed by atoms with van der Waals surface area (Å²) in [6, 6.07) is 5.21. The molecule has 0 saturated carbocycles. The minimum Gasteiger partial charge on any atom is -0.496 e. The fraction of sp³-hybridized carbons (Fsp3) is 0.250. The number of hydrogen-bond acceptors (Lipinski definition) is 6. The summed E-state index contributed by atoms with van der Waals surface area (Å²) in [7, 11) is 1.58. The van der Waals surface area contributed by atoms with Crippen LogP contribution < -0.4 is 4.74 Å². The van der Waals surface area contributed by atoms with Gasteiger partial charge in [0.25, 0.3) is 5.22 Å². The highest BCUT2D eigenvalue weighted by Gasteiger charge is 2.11. The van der Waals surface area contributed by atoms with Crippen molar-refractivity contribution < 1.29 is 13.9 Å². The first-order chi connectivity index (χ1) is 9.10. The molecule has 5 nitrogen and oxygen atoms in total. The summed E-state index contributed by atoms with van der Waals surface area (Å²) in [6.07, 6.45) is 0. The van der Waals surface area contributed by atoms with E-state index in [1.54, 1.807) is 32.2 Å². The van der Waals surface area contributed by atoms with Gasteiger partial charge in [0.2, 0.25) is 5.89 Å². The Morgan fingerprint density at radius 1 is 1.47 bits per heavy atom. The Labute approximate surface area is 122 Å². The number of aryl methyl sites for hydroxylation is 1. The first kappa shape index (κ1) is 14.1. The highest BCUT2D eigenvalue weighted by atomic mass is 79.9. The molecule has 0 radical (unpaired) electrons. The number of rotatable bonds is 5. The van der Waals surface area contributed by atoms with E-state index >= 15 is 0 Å². The number of ketones is 1. The summed E-state index contributed by atoms with van der Waals surface area (Å²) in [5, 5.41) is 7.92. The van der Waals surface area contributed by atoms with Crippen molar-refractivity contribution in [3.8, 4) is 5.75 Å². The van der Waals surface area contributed by atoms with Gasteiger partial charge in [0.05, 0.1) is 17.3 Å². The van der Waals surface area contributed by atoms with E-state index in [0.29, 0.717) is 22.4 Å². The molecule has 0 unspecified atom stereocenters. The summed E-state index contributed by atoms with van der Waals surface area (Å²) < 4.78 is 11.1. The Bertz CT molecular complexity index is 600. The Balaban J connectivity index is 2.01. The second kappa shape index (κ2) is 6.21. The van der Waals surface area contributed by atoms with Gasteiger partial charge < -0.3 is 9.15 Å². The normalized spacial score (nSPS) is 10.5. The molecule has 0 bridgehead atoms. The van der Waals surface area contributed by atoms with Crippen molar-refractivity contribution in [1.29, 1.82) is 0 Å². The van der Waals surface area contributed by atoms with Gasteiger partial charge in [-0.25, -0.2) is 0 Å². The number of thioether (sulfide) groups is 1. The molecule has 0 amide bonds. The number of methoxy groups -OCH3 is 1. The van der Waals surface area contributed by atoms with E-state index in [9.17, 15) is 4.79 Å². The number of halogens is 1. The predicted octanol–water partition coefficient (Wildman–Crippen LogP) is 3.12. The molecule has 0 aliphatic heterocycles. The van der Waals surface area contributed by atoms with Gasteiger partial charge in [-0.1, -0.05) is 11.8 Å². The van der Waals surface area contributed by atoms with E-state index < -0.39 is 0 Å². The molecule has 0 spiro atoms. The Hall–Kier alpha value is -1.34. The topological polar surface area (TPSA) is 65.2 Å². The number of hydrogen-bond donors (Lipinski definition) is 0. The highest BCUT2D eigenvalue weighted by molar-refractivity contribution is 9.10. The van der Waals surface area contributed by atoms with Gasteiger partial charge in [-0.2, -0.15) is 0 Å². The third-order valence-corrected chi connectivity index (χ3v) is 3.75. The zero-order valence-electron chi connectivity index (χ0n) is 10.3. The molecule has 19 heavy (non-hydrogen) atoms. The van der Waals surface area contributed by atoms with Crippen LogP contribution in [0, 0.1) is 6.92 Å². The number of carbonyl (C=O) groups is 1. The van der Waals surface area contributed by atoms with Crippen LogP contribution in [-0.2, 0) is 0 Å². The number of Topliss-reactive ketones (excluding diaryl/α,β-unsaturated/α-hetero) is 1. The Kier molecular flexibility index (Phi) is 4.60. The molecule has 0 saturated heterocycles. The molecule has 2 rings (SSSR count). The largest absolute Gasteiger partial charge is 0.496 e. The summed E-state index contributed by atoms with van der Waals surface area (Å²) in [5.41, 5.74) is 0.608. The maximum Gasteiger partial charge on any atom is 0.277 e. The van der Waals surface area contributed by atoms with Crippen LogP contribution in [0.2, 0.25) is 0 Å². The lowest BCUT2D eigenvalue weighted by atomic mass is 10.1. The van der Waals surface area contributed by atoms with Gasteiger partial charge in [0.15, 0.2) is 5.78 Å². The average Bonchev–Trinajstić information content (AvgIpc) is 2.81. The van der Waals surface area contributed by atoms with Crippen LogP contribution in [-0.4, -0.2) is 28.8 Å². The molecule has 0 N–H and O–H groups in total. The SMILES string of the molecule is COc1ccc(C(=O)CSc2nnc(C)o2)cc1Br. The van der Waals surface area contributed by atoms with E-state index in [4.69, 9.17) is 9.15 Å². The van der Waals surface area contributed by atoms with Crippen molar-refractivity contribution in [3.05, 3.63) is 34.1 Å². The fourth-order valence-corrected chi connectivity index (χ4v) is 2.63. The van der Waals surface area contributed by atoms with Crippen molar-refractivity contribution >= 4 is 33.5 Å². The smallest absolute Gasteiger partial charge is 0.277 e. The van der Waals surface area contributed by atoms with Gasteiger partial charge in [0, 0.05) is 12.5 Å². The lowest BCUT2D eigenvalue weighted by molar-refractivity contribution is 0.102. The highest BCUT2D eigenvalue weighted by Crippen LogP contribution is 2.26. The van der Waals surface area contributed by atoms with Crippen LogP contribution in [0.4, 0.5) is 0 Å². The molecule has 0 fully saturated rings. The van der Waals surface area contributed by atoms with Crippen LogP contribution in [0.1, 0.15) is 16.2 Å². The predicted molar refractivity (Wildman–Crippen MR) is 74.8 cm³/mol. The van der Waals surface area contributed by atoms with Crippen molar-refractivity contribution in [3.63, 3.8) is 0 Å². The third kappa shape index (κ3) is 3.57. The summed E-state index contributed by atoms with van der Waals surface area (Å²) in [6.45, 7) is 1.71. The molecule has 2 aromatic rings. The van der Waals surface area contributed by atoms with Gasteiger partial charge >= 0.3 is 0 Å². The number of nitrogens with zero attached hydrogens (tertiary/aromatic N) is 2. The molecular weight excluding hydrogens is 332 g/mol. The maximum absolute atomic E-state index is 12.0. The van der Waals surface area contributed by atoms with Crippen LogP contribution >= 0.6 is 27.7 Å². The van der Waals surface area contributed by atoms with Gasteiger partial charge in [-0.05, 0) is 34.1 Å². The fourth-order valence-electron chi connectivity index (χ4n) is 1.39. The molecular formula is C12H11BrN2O3S. The quantitative estimate of drug-likeness (QED) is 0.614. The van der Waals surface area contributed by atoms with Gasteiger partial charge in [-0.15, -0.1) is 10.2 Å². The Morgan fingerprint density at radius 3 is 2.84 bits per heavy atom.